The van der Waals surface area contributed by atoms with Gasteiger partial charge in [-0.2, -0.15) is 0 Å². The third kappa shape index (κ3) is 3.41. The van der Waals surface area contributed by atoms with Crippen LogP contribution in [0.1, 0.15) is 0 Å². The van der Waals surface area contributed by atoms with Crippen molar-refractivity contribution in [2.75, 3.05) is 0 Å². The second kappa shape index (κ2) is 8.65. The maximum Gasteiger partial charge on any atom is 0.227 e. The minimum absolute atomic E-state index is 0.639. The quantitative estimate of drug-likeness (QED) is 0.222. The van der Waals surface area contributed by atoms with Crippen molar-refractivity contribution >= 4 is 64.4 Å². The van der Waals surface area contributed by atoms with Gasteiger partial charge in [-0.3, -0.25) is 0 Å². The first-order valence-corrected chi connectivity index (χ1v) is 14.5. The van der Waals surface area contributed by atoms with Crippen LogP contribution in [0.15, 0.2) is 138 Å². The zero-order valence-electron chi connectivity index (χ0n) is 21.9. The molecule has 0 fully saturated rings. The van der Waals surface area contributed by atoms with Gasteiger partial charge in [0.15, 0.2) is 5.58 Å². The Hall–Kier alpha value is -5.19. The number of oxazole rings is 1. The van der Waals surface area contributed by atoms with Crippen LogP contribution >= 0.6 is 11.3 Å². The number of hydrogen-bond donors (Lipinski definition) is 0. The van der Waals surface area contributed by atoms with Crippen LogP contribution in [0.2, 0.25) is 0 Å². The van der Waals surface area contributed by atoms with Crippen molar-refractivity contribution in [3.63, 3.8) is 0 Å². The van der Waals surface area contributed by atoms with E-state index < -0.39 is 0 Å². The molecule has 9 aromatic rings. The highest BCUT2D eigenvalue weighted by atomic mass is 32.1. The SMILES string of the molecule is c1ccc(-c2ccc3sc4ccc5oc(-c6ccc(-n7c8ccccc8c8ccccc87)cc6)nc5c4c3c2)cc1. The molecule has 0 bridgehead atoms. The minimum Gasteiger partial charge on any atom is -0.436 e. The molecule has 0 saturated heterocycles. The number of benzene rings is 6. The van der Waals surface area contributed by atoms with Crippen LogP contribution in [-0.4, -0.2) is 9.55 Å². The number of aromatic nitrogens is 2. The van der Waals surface area contributed by atoms with Gasteiger partial charge < -0.3 is 8.98 Å². The smallest absolute Gasteiger partial charge is 0.227 e. The van der Waals surface area contributed by atoms with E-state index in [4.69, 9.17) is 9.40 Å². The number of para-hydroxylation sites is 2. The average molecular weight is 543 g/mol. The van der Waals surface area contributed by atoms with Crippen molar-refractivity contribution in [1.82, 2.24) is 9.55 Å². The summed E-state index contributed by atoms with van der Waals surface area (Å²) in [7, 11) is 0. The Bertz CT molecular complexity index is 2360. The first-order chi connectivity index (χ1) is 20.3. The molecule has 0 aliphatic carbocycles. The highest BCUT2D eigenvalue weighted by molar-refractivity contribution is 7.26. The normalized spacial score (nSPS) is 11.9. The van der Waals surface area contributed by atoms with Gasteiger partial charge in [0.1, 0.15) is 5.52 Å². The van der Waals surface area contributed by atoms with Crippen LogP contribution < -0.4 is 0 Å². The molecule has 0 saturated carbocycles. The van der Waals surface area contributed by atoms with Gasteiger partial charge in [0.05, 0.1) is 11.0 Å². The van der Waals surface area contributed by atoms with E-state index in [1.807, 2.05) is 6.07 Å². The molecule has 0 unspecified atom stereocenters. The Labute approximate surface area is 239 Å². The molecule has 6 aromatic carbocycles. The van der Waals surface area contributed by atoms with Crippen LogP contribution in [0.25, 0.3) is 81.3 Å². The molecule has 3 nitrogen and oxygen atoms in total. The number of rotatable bonds is 3. The van der Waals surface area contributed by atoms with Crippen LogP contribution in [0, 0.1) is 0 Å². The van der Waals surface area contributed by atoms with Crippen LogP contribution in [0.4, 0.5) is 0 Å². The second-order valence-corrected chi connectivity index (χ2v) is 11.5. The molecule has 9 rings (SSSR count). The molecule has 0 atom stereocenters. The van der Waals surface area contributed by atoms with Gasteiger partial charge in [-0.05, 0) is 71.8 Å². The molecule has 41 heavy (non-hydrogen) atoms. The predicted octanol–water partition coefficient (Wildman–Crippen LogP) is 10.6. The fourth-order valence-electron chi connectivity index (χ4n) is 6.14. The largest absolute Gasteiger partial charge is 0.436 e. The number of nitrogens with zero attached hydrogens (tertiary/aromatic N) is 2. The van der Waals surface area contributed by atoms with Gasteiger partial charge in [-0.1, -0.05) is 72.8 Å². The zero-order valence-corrected chi connectivity index (χ0v) is 22.7. The summed E-state index contributed by atoms with van der Waals surface area (Å²) < 4.78 is 11.2. The third-order valence-corrected chi connectivity index (χ3v) is 9.19. The van der Waals surface area contributed by atoms with Crippen molar-refractivity contribution in [3.05, 3.63) is 133 Å². The molecule has 0 radical (unpaired) electrons. The van der Waals surface area contributed by atoms with E-state index in [0.29, 0.717) is 5.89 Å². The maximum absolute atomic E-state index is 6.35. The van der Waals surface area contributed by atoms with Crippen molar-refractivity contribution in [2.45, 2.75) is 0 Å². The third-order valence-electron chi connectivity index (χ3n) is 8.05. The molecule has 0 aliphatic rings. The van der Waals surface area contributed by atoms with Crippen molar-refractivity contribution in [1.29, 1.82) is 0 Å². The molecule has 3 aromatic heterocycles. The summed E-state index contributed by atoms with van der Waals surface area (Å²) >= 11 is 1.80. The van der Waals surface area contributed by atoms with Crippen molar-refractivity contribution in [2.24, 2.45) is 0 Å². The van der Waals surface area contributed by atoms with Crippen molar-refractivity contribution in [3.8, 4) is 28.3 Å². The molecular formula is C37H22N2OS. The average Bonchev–Trinajstić information content (AvgIpc) is 3.73. The molecule has 192 valence electrons. The minimum atomic E-state index is 0.639. The van der Waals surface area contributed by atoms with Gasteiger partial charge in [0, 0.05) is 42.2 Å². The molecule has 3 heterocycles. The molecule has 0 N–H and O–H groups in total. The summed E-state index contributed by atoms with van der Waals surface area (Å²) in [5.41, 5.74) is 8.62. The van der Waals surface area contributed by atoms with Crippen LogP contribution in [0.3, 0.4) is 0 Å². The van der Waals surface area contributed by atoms with E-state index in [1.165, 1.54) is 47.7 Å². The molecule has 4 heteroatoms. The fraction of sp³-hybridized carbons (Fsp3) is 0. The fourth-order valence-corrected chi connectivity index (χ4v) is 7.23. The lowest BCUT2D eigenvalue weighted by Crippen LogP contribution is -1.93. The first-order valence-electron chi connectivity index (χ1n) is 13.7. The highest BCUT2D eigenvalue weighted by Crippen LogP contribution is 2.41. The van der Waals surface area contributed by atoms with E-state index in [-0.39, 0.29) is 0 Å². The summed E-state index contributed by atoms with van der Waals surface area (Å²) in [6.45, 7) is 0. The van der Waals surface area contributed by atoms with E-state index in [2.05, 4.69) is 132 Å². The topological polar surface area (TPSA) is 31.0 Å². The molecule has 0 aliphatic heterocycles. The van der Waals surface area contributed by atoms with E-state index >= 15 is 0 Å². The summed E-state index contributed by atoms with van der Waals surface area (Å²) in [6.07, 6.45) is 0. The van der Waals surface area contributed by atoms with Crippen LogP contribution in [-0.2, 0) is 0 Å². The lowest BCUT2D eigenvalue weighted by molar-refractivity contribution is 0.620. The van der Waals surface area contributed by atoms with Gasteiger partial charge in [0.2, 0.25) is 5.89 Å². The number of hydrogen-bond acceptors (Lipinski definition) is 3. The summed E-state index contributed by atoms with van der Waals surface area (Å²) in [5.74, 6) is 0.639. The van der Waals surface area contributed by atoms with E-state index in [9.17, 15) is 0 Å². The van der Waals surface area contributed by atoms with Crippen molar-refractivity contribution < 1.29 is 4.42 Å². The van der Waals surface area contributed by atoms with E-state index in [0.717, 1.165) is 27.7 Å². The van der Waals surface area contributed by atoms with Gasteiger partial charge >= 0.3 is 0 Å². The highest BCUT2D eigenvalue weighted by Gasteiger charge is 2.17. The predicted molar refractivity (Wildman–Crippen MR) is 172 cm³/mol. The Kier molecular flexibility index (Phi) is 4.77. The monoisotopic (exact) mass is 542 g/mol. The standard InChI is InChI=1S/C37H22N2OS/c1-2-8-23(9-3-1)25-16-20-33-29(22-25)35-34(41-33)21-19-32-36(35)38-37(40-32)24-14-17-26(18-15-24)39-30-12-6-4-10-27(30)28-11-5-7-13-31(28)39/h1-22H. The molecule has 0 amide bonds. The lowest BCUT2D eigenvalue weighted by atomic mass is 10.0. The zero-order chi connectivity index (χ0) is 26.9. The van der Waals surface area contributed by atoms with Gasteiger partial charge in [0.25, 0.3) is 0 Å². The Morgan fingerprint density at radius 1 is 0.537 bits per heavy atom. The Morgan fingerprint density at radius 2 is 1.20 bits per heavy atom. The first kappa shape index (κ1) is 22.6. The van der Waals surface area contributed by atoms with Gasteiger partial charge in [-0.15, -0.1) is 11.3 Å². The maximum atomic E-state index is 6.35. The summed E-state index contributed by atoms with van der Waals surface area (Å²) in [6, 6.07) is 47.2. The van der Waals surface area contributed by atoms with Gasteiger partial charge in [-0.25, -0.2) is 4.98 Å². The summed E-state index contributed by atoms with van der Waals surface area (Å²) in [5, 5.41) is 4.90. The Morgan fingerprint density at radius 3 is 1.95 bits per heavy atom. The number of thiophene rings is 1. The van der Waals surface area contributed by atoms with E-state index in [1.54, 1.807) is 11.3 Å². The summed E-state index contributed by atoms with van der Waals surface area (Å²) in [4.78, 5) is 5.06. The molecular weight excluding hydrogens is 520 g/mol. The second-order valence-electron chi connectivity index (χ2n) is 10.4. The van der Waals surface area contributed by atoms with Crippen LogP contribution in [0.5, 0.6) is 0 Å². The Balaban J connectivity index is 1.18. The number of fused-ring (bicyclic) bond motifs is 8. The molecule has 0 spiro atoms. The lowest BCUT2D eigenvalue weighted by Gasteiger charge is -2.08.